The average molecular weight is 312 g/mol. The number of carbonyl (C=O) groups excluding carboxylic acids is 1. The van der Waals surface area contributed by atoms with Gasteiger partial charge in [-0.25, -0.2) is 0 Å². The number of halogens is 1. The first kappa shape index (κ1) is 13.6. The molecule has 0 radical (unpaired) electrons. The molecule has 1 aromatic carbocycles. The number of hydrogen-bond donors (Lipinski definition) is 1. The molecule has 1 unspecified atom stereocenters. The van der Waals surface area contributed by atoms with Crippen molar-refractivity contribution < 1.29 is 9.53 Å². The molecule has 1 heterocycles. The van der Waals surface area contributed by atoms with Crippen LogP contribution in [-0.4, -0.2) is 25.0 Å². The fourth-order valence-electron chi connectivity index (χ4n) is 2.24. The molecule has 1 aliphatic heterocycles. The molecule has 1 aliphatic rings. The minimum atomic E-state index is -0.0627. The van der Waals surface area contributed by atoms with Gasteiger partial charge in [-0.3, -0.25) is 4.79 Å². The van der Waals surface area contributed by atoms with Crippen LogP contribution in [0, 0.1) is 0 Å². The van der Waals surface area contributed by atoms with E-state index in [1.807, 2.05) is 25.1 Å². The van der Waals surface area contributed by atoms with Gasteiger partial charge in [0.2, 0.25) is 0 Å². The Hall–Kier alpha value is -0.870. The third-order valence-electron chi connectivity index (χ3n) is 3.13. The molecule has 3 nitrogen and oxygen atoms in total. The van der Waals surface area contributed by atoms with E-state index in [-0.39, 0.29) is 11.8 Å². The van der Waals surface area contributed by atoms with Crippen LogP contribution in [0.5, 0.6) is 5.75 Å². The summed E-state index contributed by atoms with van der Waals surface area (Å²) < 4.78 is 6.44. The molecule has 1 saturated heterocycles. The van der Waals surface area contributed by atoms with Crippen LogP contribution in [0.4, 0.5) is 0 Å². The summed E-state index contributed by atoms with van der Waals surface area (Å²) in [6.45, 7) is 3.42. The van der Waals surface area contributed by atoms with Crippen molar-refractivity contribution in [1.82, 2.24) is 5.32 Å². The third-order valence-corrected chi connectivity index (χ3v) is 3.63. The molecular formula is C14H18BrNO2. The summed E-state index contributed by atoms with van der Waals surface area (Å²) in [6.07, 6.45) is 3.18. The Morgan fingerprint density at radius 2 is 2.33 bits per heavy atom. The zero-order valence-corrected chi connectivity index (χ0v) is 12.1. The molecule has 98 valence electrons. The Morgan fingerprint density at radius 1 is 1.50 bits per heavy atom. The molecule has 0 aliphatic carbocycles. The van der Waals surface area contributed by atoms with Crippen molar-refractivity contribution in [3.05, 3.63) is 28.2 Å². The van der Waals surface area contributed by atoms with Gasteiger partial charge in [0.1, 0.15) is 5.75 Å². The molecule has 4 heteroatoms. The Bertz CT molecular complexity index is 428. The largest absolute Gasteiger partial charge is 0.493 e. The highest BCUT2D eigenvalue weighted by Crippen LogP contribution is 2.26. The first-order valence-electron chi connectivity index (χ1n) is 6.42. The lowest BCUT2D eigenvalue weighted by Gasteiger charge is -2.23. The second kappa shape index (κ2) is 6.34. The topological polar surface area (TPSA) is 38.3 Å². The predicted molar refractivity (Wildman–Crippen MR) is 75.3 cm³/mol. The number of carbonyl (C=O) groups is 1. The van der Waals surface area contributed by atoms with Crippen LogP contribution in [0.15, 0.2) is 22.7 Å². The summed E-state index contributed by atoms with van der Waals surface area (Å²) in [5.74, 6) is 0.817. The highest BCUT2D eigenvalue weighted by Gasteiger charge is 2.24. The molecule has 0 bridgehead atoms. The van der Waals surface area contributed by atoms with E-state index in [0.29, 0.717) is 17.9 Å². The maximum absolute atomic E-state index is 12.5. The SMILES string of the molecule is CCOc1ccc(Br)cc1C(=O)C1CCCCN1. The normalized spacial score (nSPS) is 19.6. The number of hydrogen-bond acceptors (Lipinski definition) is 3. The van der Waals surface area contributed by atoms with Crippen molar-refractivity contribution in [2.24, 2.45) is 0 Å². The van der Waals surface area contributed by atoms with Gasteiger partial charge in [-0.2, -0.15) is 0 Å². The van der Waals surface area contributed by atoms with E-state index in [0.717, 1.165) is 30.3 Å². The number of Topliss-reactive ketones (excluding diaryl/α,β-unsaturated/α-hetero) is 1. The highest BCUT2D eigenvalue weighted by atomic mass is 79.9. The quantitative estimate of drug-likeness (QED) is 0.868. The molecule has 0 amide bonds. The van der Waals surface area contributed by atoms with Gasteiger partial charge in [0.05, 0.1) is 18.2 Å². The second-order valence-electron chi connectivity index (χ2n) is 4.44. The first-order valence-corrected chi connectivity index (χ1v) is 7.21. The zero-order chi connectivity index (χ0) is 13.0. The minimum absolute atomic E-state index is 0.0627. The van der Waals surface area contributed by atoms with Crippen LogP contribution in [0.3, 0.4) is 0 Å². The summed E-state index contributed by atoms with van der Waals surface area (Å²) >= 11 is 3.41. The Kier molecular flexibility index (Phi) is 4.78. The van der Waals surface area contributed by atoms with E-state index < -0.39 is 0 Å². The van der Waals surface area contributed by atoms with Crippen molar-refractivity contribution in [3.8, 4) is 5.75 Å². The summed E-state index contributed by atoms with van der Waals surface area (Å²) in [5, 5.41) is 3.29. The fraction of sp³-hybridized carbons (Fsp3) is 0.500. The molecule has 2 rings (SSSR count). The van der Waals surface area contributed by atoms with Gasteiger partial charge in [0.15, 0.2) is 5.78 Å². The lowest BCUT2D eigenvalue weighted by Crippen LogP contribution is -2.40. The molecular weight excluding hydrogens is 294 g/mol. The minimum Gasteiger partial charge on any atom is -0.493 e. The van der Waals surface area contributed by atoms with Crippen molar-refractivity contribution in [2.75, 3.05) is 13.2 Å². The maximum Gasteiger partial charge on any atom is 0.183 e. The Labute approximate surface area is 116 Å². The number of ether oxygens (including phenoxy) is 1. The molecule has 0 aromatic heterocycles. The molecule has 0 saturated carbocycles. The van der Waals surface area contributed by atoms with Gasteiger partial charge < -0.3 is 10.1 Å². The first-order chi connectivity index (χ1) is 8.72. The standard InChI is InChI=1S/C14H18BrNO2/c1-2-18-13-7-6-10(15)9-11(13)14(17)12-5-3-4-8-16-12/h6-7,9,12,16H,2-5,8H2,1H3. The molecule has 1 fully saturated rings. The van der Waals surface area contributed by atoms with E-state index in [1.54, 1.807) is 0 Å². The molecule has 1 aromatic rings. The van der Waals surface area contributed by atoms with E-state index in [2.05, 4.69) is 21.2 Å². The van der Waals surface area contributed by atoms with Gasteiger partial charge in [-0.15, -0.1) is 0 Å². The number of rotatable bonds is 4. The fourth-order valence-corrected chi connectivity index (χ4v) is 2.60. The molecule has 0 spiro atoms. The summed E-state index contributed by atoms with van der Waals surface area (Å²) in [5.41, 5.74) is 0.672. The lowest BCUT2D eigenvalue weighted by atomic mass is 9.96. The smallest absolute Gasteiger partial charge is 0.183 e. The molecule has 18 heavy (non-hydrogen) atoms. The van der Waals surface area contributed by atoms with Crippen molar-refractivity contribution >= 4 is 21.7 Å². The average Bonchev–Trinajstić information content (AvgIpc) is 2.41. The van der Waals surface area contributed by atoms with Gasteiger partial charge in [-0.05, 0) is 44.5 Å². The van der Waals surface area contributed by atoms with Gasteiger partial charge in [0.25, 0.3) is 0 Å². The summed E-state index contributed by atoms with van der Waals surface area (Å²) in [4.78, 5) is 12.5. The lowest BCUT2D eigenvalue weighted by molar-refractivity contribution is 0.0923. The van der Waals surface area contributed by atoms with Crippen molar-refractivity contribution in [2.45, 2.75) is 32.2 Å². The number of ketones is 1. The monoisotopic (exact) mass is 311 g/mol. The predicted octanol–water partition coefficient (Wildman–Crippen LogP) is 3.17. The van der Waals surface area contributed by atoms with Crippen LogP contribution in [0.1, 0.15) is 36.5 Å². The second-order valence-corrected chi connectivity index (χ2v) is 5.36. The Balaban J connectivity index is 2.24. The van der Waals surface area contributed by atoms with Crippen LogP contribution in [0.2, 0.25) is 0 Å². The van der Waals surface area contributed by atoms with Crippen molar-refractivity contribution in [3.63, 3.8) is 0 Å². The van der Waals surface area contributed by atoms with Crippen LogP contribution < -0.4 is 10.1 Å². The summed E-state index contributed by atoms with van der Waals surface area (Å²) in [6, 6.07) is 5.54. The van der Waals surface area contributed by atoms with Crippen LogP contribution in [-0.2, 0) is 0 Å². The molecule has 1 atom stereocenters. The van der Waals surface area contributed by atoms with E-state index >= 15 is 0 Å². The van der Waals surface area contributed by atoms with E-state index in [9.17, 15) is 4.79 Å². The zero-order valence-electron chi connectivity index (χ0n) is 10.5. The van der Waals surface area contributed by atoms with E-state index in [4.69, 9.17) is 4.74 Å². The number of benzene rings is 1. The van der Waals surface area contributed by atoms with Crippen molar-refractivity contribution in [1.29, 1.82) is 0 Å². The van der Waals surface area contributed by atoms with Gasteiger partial charge in [-0.1, -0.05) is 22.4 Å². The van der Waals surface area contributed by atoms with Gasteiger partial charge >= 0.3 is 0 Å². The molecule has 1 N–H and O–H groups in total. The van der Waals surface area contributed by atoms with Crippen LogP contribution in [0.25, 0.3) is 0 Å². The van der Waals surface area contributed by atoms with Crippen LogP contribution >= 0.6 is 15.9 Å². The number of piperidine rings is 1. The third kappa shape index (κ3) is 3.12. The number of nitrogens with one attached hydrogen (secondary N) is 1. The van der Waals surface area contributed by atoms with Gasteiger partial charge in [0, 0.05) is 4.47 Å². The van der Waals surface area contributed by atoms with E-state index in [1.165, 1.54) is 0 Å². The highest BCUT2D eigenvalue weighted by molar-refractivity contribution is 9.10. The summed E-state index contributed by atoms with van der Waals surface area (Å²) in [7, 11) is 0. The maximum atomic E-state index is 12.5. The Morgan fingerprint density at radius 3 is 3.00 bits per heavy atom.